The highest BCUT2D eigenvalue weighted by molar-refractivity contribution is 5.45. The van der Waals surface area contributed by atoms with Gasteiger partial charge in [0.25, 0.3) is 0 Å². The lowest BCUT2D eigenvalue weighted by Crippen LogP contribution is -2.34. The molecule has 1 aliphatic heterocycles. The Morgan fingerprint density at radius 3 is 2.88 bits per heavy atom. The summed E-state index contributed by atoms with van der Waals surface area (Å²) in [4.78, 5) is 0. The van der Waals surface area contributed by atoms with Crippen molar-refractivity contribution in [2.75, 3.05) is 20.3 Å². The third-order valence-corrected chi connectivity index (χ3v) is 3.10. The van der Waals surface area contributed by atoms with E-state index >= 15 is 0 Å². The second-order valence-electron chi connectivity index (χ2n) is 4.24. The minimum atomic E-state index is 0.231. The second kappa shape index (κ2) is 5.89. The first-order chi connectivity index (χ1) is 8.31. The summed E-state index contributed by atoms with van der Waals surface area (Å²) in [6.45, 7) is 2.30. The normalized spacial score (nSPS) is 17.0. The summed E-state index contributed by atoms with van der Waals surface area (Å²) in [6, 6.07) is 6.03. The number of methoxy groups -OCH3 is 1. The van der Waals surface area contributed by atoms with Crippen molar-refractivity contribution in [3.8, 4) is 11.5 Å². The van der Waals surface area contributed by atoms with Gasteiger partial charge in [-0.25, -0.2) is 0 Å². The van der Waals surface area contributed by atoms with Gasteiger partial charge in [0.2, 0.25) is 0 Å². The zero-order chi connectivity index (χ0) is 12.1. The van der Waals surface area contributed by atoms with Crippen molar-refractivity contribution in [2.45, 2.75) is 25.4 Å². The number of nitrogens with one attached hydrogen (secondary N) is 1. The van der Waals surface area contributed by atoms with E-state index in [1.807, 2.05) is 12.1 Å². The highest BCUT2D eigenvalue weighted by Crippen LogP contribution is 2.29. The highest BCUT2D eigenvalue weighted by atomic mass is 16.5. The van der Waals surface area contributed by atoms with Crippen LogP contribution in [0.1, 0.15) is 18.4 Å². The fourth-order valence-corrected chi connectivity index (χ4v) is 2.03. The van der Waals surface area contributed by atoms with Gasteiger partial charge in [-0.05, 0) is 18.9 Å². The molecule has 0 bridgehead atoms. The number of phenolic OH excluding ortho intramolecular Hbond substituents is 1. The Labute approximate surface area is 102 Å². The van der Waals surface area contributed by atoms with Gasteiger partial charge in [-0.2, -0.15) is 0 Å². The summed E-state index contributed by atoms with van der Waals surface area (Å²) in [7, 11) is 1.56. The van der Waals surface area contributed by atoms with Gasteiger partial charge in [-0.1, -0.05) is 12.1 Å². The van der Waals surface area contributed by atoms with Crippen molar-refractivity contribution in [2.24, 2.45) is 0 Å². The molecule has 0 unspecified atom stereocenters. The van der Waals surface area contributed by atoms with Gasteiger partial charge in [-0.15, -0.1) is 0 Å². The first kappa shape index (κ1) is 12.2. The summed E-state index contributed by atoms with van der Waals surface area (Å²) < 4.78 is 10.4. The van der Waals surface area contributed by atoms with Crippen LogP contribution in [0.5, 0.6) is 11.5 Å². The van der Waals surface area contributed by atoms with Crippen molar-refractivity contribution < 1.29 is 14.6 Å². The van der Waals surface area contributed by atoms with Crippen LogP contribution in [0, 0.1) is 0 Å². The van der Waals surface area contributed by atoms with E-state index in [2.05, 4.69) is 5.32 Å². The van der Waals surface area contributed by atoms with E-state index in [1.165, 1.54) is 0 Å². The summed E-state index contributed by atoms with van der Waals surface area (Å²) >= 11 is 0. The van der Waals surface area contributed by atoms with Gasteiger partial charge >= 0.3 is 0 Å². The van der Waals surface area contributed by atoms with E-state index < -0.39 is 0 Å². The maximum atomic E-state index is 9.93. The molecule has 0 radical (unpaired) electrons. The lowest BCUT2D eigenvalue weighted by Gasteiger charge is -2.23. The Morgan fingerprint density at radius 2 is 2.18 bits per heavy atom. The molecule has 17 heavy (non-hydrogen) atoms. The van der Waals surface area contributed by atoms with Crippen molar-refractivity contribution in [3.63, 3.8) is 0 Å². The molecule has 4 heteroatoms. The molecular weight excluding hydrogens is 218 g/mol. The quantitative estimate of drug-likeness (QED) is 0.836. The van der Waals surface area contributed by atoms with Crippen LogP contribution in [-0.2, 0) is 11.3 Å². The Morgan fingerprint density at radius 1 is 1.41 bits per heavy atom. The SMILES string of the molecule is COc1cccc(CNC2CCOCC2)c1O. The molecule has 0 aromatic heterocycles. The minimum Gasteiger partial charge on any atom is -0.504 e. The van der Waals surface area contributed by atoms with E-state index in [1.54, 1.807) is 13.2 Å². The number of aromatic hydroxyl groups is 1. The average Bonchev–Trinajstić information content (AvgIpc) is 2.39. The molecule has 0 amide bonds. The first-order valence-electron chi connectivity index (χ1n) is 5.97. The maximum Gasteiger partial charge on any atom is 0.162 e. The van der Waals surface area contributed by atoms with Crippen LogP contribution in [0.15, 0.2) is 18.2 Å². The summed E-state index contributed by atoms with van der Waals surface area (Å²) in [6.07, 6.45) is 2.06. The fourth-order valence-electron chi connectivity index (χ4n) is 2.03. The zero-order valence-corrected chi connectivity index (χ0v) is 10.1. The number of hydrogen-bond donors (Lipinski definition) is 2. The van der Waals surface area contributed by atoms with Gasteiger partial charge in [-0.3, -0.25) is 0 Å². The monoisotopic (exact) mass is 237 g/mol. The Bertz CT molecular complexity index is 362. The average molecular weight is 237 g/mol. The molecule has 0 spiro atoms. The summed E-state index contributed by atoms with van der Waals surface area (Å²) in [5, 5.41) is 13.4. The maximum absolute atomic E-state index is 9.93. The molecule has 2 rings (SSSR count). The van der Waals surface area contributed by atoms with E-state index in [0.717, 1.165) is 31.6 Å². The van der Waals surface area contributed by atoms with Gasteiger partial charge in [0.15, 0.2) is 11.5 Å². The second-order valence-corrected chi connectivity index (χ2v) is 4.24. The predicted molar refractivity (Wildman–Crippen MR) is 65.3 cm³/mol. The van der Waals surface area contributed by atoms with Gasteiger partial charge < -0.3 is 19.9 Å². The Hall–Kier alpha value is -1.26. The van der Waals surface area contributed by atoms with Gasteiger partial charge in [0.1, 0.15) is 0 Å². The zero-order valence-electron chi connectivity index (χ0n) is 10.1. The van der Waals surface area contributed by atoms with Crippen LogP contribution in [0.4, 0.5) is 0 Å². The van der Waals surface area contributed by atoms with Crippen LogP contribution < -0.4 is 10.1 Å². The number of rotatable bonds is 4. The van der Waals surface area contributed by atoms with E-state index in [-0.39, 0.29) is 5.75 Å². The molecule has 0 atom stereocenters. The molecule has 1 saturated heterocycles. The Balaban J connectivity index is 1.93. The number of hydrogen-bond acceptors (Lipinski definition) is 4. The van der Waals surface area contributed by atoms with Gasteiger partial charge in [0, 0.05) is 31.4 Å². The Kier molecular flexibility index (Phi) is 4.23. The summed E-state index contributed by atoms with van der Waals surface area (Å²) in [5.41, 5.74) is 0.871. The largest absolute Gasteiger partial charge is 0.504 e. The van der Waals surface area contributed by atoms with Crippen LogP contribution in [0.3, 0.4) is 0 Å². The van der Waals surface area contributed by atoms with E-state index in [4.69, 9.17) is 9.47 Å². The van der Waals surface area contributed by atoms with Crippen molar-refractivity contribution in [1.82, 2.24) is 5.32 Å². The van der Waals surface area contributed by atoms with Crippen LogP contribution in [0.2, 0.25) is 0 Å². The lowest BCUT2D eigenvalue weighted by molar-refractivity contribution is 0.0775. The molecule has 0 aliphatic carbocycles. The molecule has 4 nitrogen and oxygen atoms in total. The lowest BCUT2D eigenvalue weighted by atomic mass is 10.1. The fraction of sp³-hybridized carbons (Fsp3) is 0.538. The highest BCUT2D eigenvalue weighted by Gasteiger charge is 2.14. The molecule has 1 aliphatic rings. The van der Waals surface area contributed by atoms with Crippen LogP contribution in [-0.4, -0.2) is 31.5 Å². The van der Waals surface area contributed by atoms with Crippen molar-refractivity contribution in [1.29, 1.82) is 0 Å². The molecule has 1 heterocycles. The number of ether oxygens (including phenoxy) is 2. The topological polar surface area (TPSA) is 50.7 Å². The molecule has 2 N–H and O–H groups in total. The first-order valence-corrected chi connectivity index (χ1v) is 5.97. The standard InChI is InChI=1S/C13H19NO3/c1-16-12-4-2-3-10(13(12)15)9-14-11-5-7-17-8-6-11/h2-4,11,14-15H,5-9H2,1H3. The third-order valence-electron chi connectivity index (χ3n) is 3.10. The molecular formula is C13H19NO3. The number of phenols is 1. The molecule has 1 aromatic rings. The minimum absolute atomic E-state index is 0.231. The molecule has 0 saturated carbocycles. The van der Waals surface area contributed by atoms with E-state index in [9.17, 15) is 5.11 Å². The predicted octanol–water partition coefficient (Wildman–Crippen LogP) is 1.67. The van der Waals surface area contributed by atoms with Crippen LogP contribution in [0.25, 0.3) is 0 Å². The molecule has 94 valence electrons. The summed E-state index contributed by atoms with van der Waals surface area (Å²) in [5.74, 6) is 0.755. The molecule has 1 aromatic carbocycles. The van der Waals surface area contributed by atoms with Crippen molar-refractivity contribution >= 4 is 0 Å². The molecule has 1 fully saturated rings. The van der Waals surface area contributed by atoms with E-state index in [0.29, 0.717) is 18.3 Å². The van der Waals surface area contributed by atoms with Gasteiger partial charge in [0.05, 0.1) is 7.11 Å². The number of benzene rings is 1. The number of para-hydroxylation sites is 1. The third kappa shape index (κ3) is 3.11. The van der Waals surface area contributed by atoms with Crippen LogP contribution >= 0.6 is 0 Å². The smallest absolute Gasteiger partial charge is 0.162 e. The van der Waals surface area contributed by atoms with Crippen molar-refractivity contribution in [3.05, 3.63) is 23.8 Å².